The molecule has 1 N–H and O–H groups in total. The second-order valence-corrected chi connectivity index (χ2v) is 3.05. The summed E-state index contributed by atoms with van der Waals surface area (Å²) in [7, 11) is 0. The van der Waals surface area contributed by atoms with E-state index in [0.29, 0.717) is 0 Å². The molecular weight excluding hydrogens is 190 g/mol. The van der Waals surface area contributed by atoms with Gasteiger partial charge in [-0.1, -0.05) is 25.8 Å². The van der Waals surface area contributed by atoms with Crippen molar-refractivity contribution in [2.45, 2.75) is 38.1 Å². The first-order valence-electron chi connectivity index (χ1n) is 4.21. The fraction of sp³-hybridized carbons (Fsp3) is 0.750. The van der Waals surface area contributed by atoms with Gasteiger partial charge in [-0.05, 0) is 19.0 Å². The normalized spacial score (nSPS) is 16.7. The Kier molecular flexibility index (Phi) is 8.84. The van der Waals surface area contributed by atoms with E-state index in [1.807, 2.05) is 6.20 Å². The molecule has 0 spiro atoms. The van der Waals surface area contributed by atoms with Crippen molar-refractivity contribution in [1.82, 2.24) is 5.32 Å². The molecule has 0 saturated heterocycles. The monoisotopic (exact) mass is 205 g/mol. The summed E-state index contributed by atoms with van der Waals surface area (Å²) in [5, 5.41) is 3.25. The van der Waals surface area contributed by atoms with Crippen LogP contribution in [-0.2, 0) is 25.7 Å². The van der Waals surface area contributed by atoms with Crippen molar-refractivity contribution in [1.29, 1.82) is 0 Å². The van der Waals surface area contributed by atoms with Crippen LogP contribution in [0.1, 0.15) is 32.1 Å². The van der Waals surface area contributed by atoms with Crippen LogP contribution in [0.25, 0.3) is 0 Å². The van der Waals surface area contributed by atoms with Gasteiger partial charge in [0.25, 0.3) is 0 Å². The molecule has 1 aliphatic rings. The van der Waals surface area contributed by atoms with Gasteiger partial charge < -0.3 is 5.32 Å². The topological polar surface area (TPSA) is 46.2 Å². The van der Waals surface area contributed by atoms with Crippen molar-refractivity contribution >= 4 is 0 Å². The predicted octanol–water partition coefficient (Wildman–Crippen LogP) is 1.81. The number of hydrogen-bond donors (Lipinski definition) is 1. The molecule has 0 bridgehead atoms. The molecule has 1 fully saturated rings. The molecule has 1 rings (SSSR count). The first-order valence-corrected chi connectivity index (χ1v) is 5.49. The van der Waals surface area contributed by atoms with E-state index in [2.05, 4.69) is 11.9 Å². The molecule has 0 aromatic carbocycles. The summed E-state index contributed by atoms with van der Waals surface area (Å²) in [6, 6.07) is 0.733. The third kappa shape index (κ3) is 6.56. The Labute approximate surface area is 82.2 Å². The quantitative estimate of drug-likeness (QED) is 0.699. The summed E-state index contributed by atoms with van der Waals surface area (Å²) in [5.74, 6) is 0. The molecule has 0 heterocycles. The molecule has 0 radical (unpaired) electrons. The van der Waals surface area contributed by atoms with Crippen LogP contribution < -0.4 is 5.32 Å². The summed E-state index contributed by atoms with van der Waals surface area (Å²) in [6.45, 7) is 3.64. The van der Waals surface area contributed by atoms with Gasteiger partial charge >= 0.3 is 25.7 Å². The molecular formula is C8H15NO2Ti. The van der Waals surface area contributed by atoms with Crippen molar-refractivity contribution in [3.63, 3.8) is 0 Å². The van der Waals surface area contributed by atoms with Gasteiger partial charge in [-0.15, -0.1) is 0 Å². The molecule has 0 atom stereocenters. The van der Waals surface area contributed by atoms with Crippen LogP contribution in [0.5, 0.6) is 0 Å². The fourth-order valence-electron chi connectivity index (χ4n) is 1.44. The van der Waals surface area contributed by atoms with Gasteiger partial charge in [0.1, 0.15) is 0 Å². The zero-order valence-corrected chi connectivity index (χ0v) is 8.78. The van der Waals surface area contributed by atoms with Gasteiger partial charge in [0.2, 0.25) is 0 Å². The summed E-state index contributed by atoms with van der Waals surface area (Å²) in [6.07, 6.45) is 8.71. The van der Waals surface area contributed by atoms with Crippen LogP contribution in [-0.4, -0.2) is 6.04 Å². The van der Waals surface area contributed by atoms with E-state index < -0.39 is 19.1 Å². The Morgan fingerprint density at radius 1 is 1.25 bits per heavy atom. The molecule has 1 saturated carbocycles. The summed E-state index contributed by atoms with van der Waals surface area (Å²) < 4.78 is 17.0. The Hall–Kier alpha value is -0.146. The average Bonchev–Trinajstić information content (AvgIpc) is 2.08. The third-order valence-electron chi connectivity index (χ3n) is 1.96. The van der Waals surface area contributed by atoms with Crippen molar-refractivity contribution in [3.8, 4) is 0 Å². The molecule has 0 aliphatic heterocycles. The second-order valence-electron chi connectivity index (χ2n) is 2.79. The SMILES string of the molecule is C=CNC1CCCCC1.[O]=[Ti]=[O]. The predicted molar refractivity (Wildman–Crippen MR) is 41.6 cm³/mol. The van der Waals surface area contributed by atoms with E-state index in [-0.39, 0.29) is 0 Å². The zero-order valence-electron chi connectivity index (χ0n) is 7.21. The second kappa shape index (κ2) is 8.95. The van der Waals surface area contributed by atoms with E-state index in [1.165, 1.54) is 32.1 Å². The molecule has 4 heteroatoms. The van der Waals surface area contributed by atoms with Crippen molar-refractivity contribution in [2.24, 2.45) is 0 Å². The van der Waals surface area contributed by atoms with Crippen molar-refractivity contribution in [2.75, 3.05) is 0 Å². The van der Waals surface area contributed by atoms with Gasteiger partial charge in [0, 0.05) is 6.04 Å². The summed E-state index contributed by atoms with van der Waals surface area (Å²) in [5.41, 5.74) is 0. The standard InChI is InChI=1S/C8H15N.2O.Ti/c1-2-9-8-6-4-3-5-7-8;;;/h2,8-9H,1,3-7H2;;;. The van der Waals surface area contributed by atoms with Crippen LogP contribution in [0.3, 0.4) is 0 Å². The number of rotatable bonds is 2. The maximum absolute atomic E-state index is 8.50. The molecule has 0 amide bonds. The summed E-state index contributed by atoms with van der Waals surface area (Å²) >= 11 is -2.00. The molecule has 0 unspecified atom stereocenters. The minimum absolute atomic E-state index is 0.733. The van der Waals surface area contributed by atoms with Crippen molar-refractivity contribution in [3.05, 3.63) is 12.8 Å². The first-order chi connectivity index (χ1) is 5.85. The summed E-state index contributed by atoms with van der Waals surface area (Å²) in [4.78, 5) is 0. The third-order valence-corrected chi connectivity index (χ3v) is 1.96. The van der Waals surface area contributed by atoms with Crippen LogP contribution in [0.15, 0.2) is 12.8 Å². The van der Waals surface area contributed by atoms with E-state index >= 15 is 0 Å². The molecule has 0 aromatic heterocycles. The van der Waals surface area contributed by atoms with E-state index in [0.717, 1.165) is 6.04 Å². The van der Waals surface area contributed by atoms with Gasteiger partial charge in [-0.2, -0.15) is 0 Å². The fourth-order valence-corrected chi connectivity index (χ4v) is 1.44. The Morgan fingerprint density at radius 3 is 2.17 bits per heavy atom. The van der Waals surface area contributed by atoms with Gasteiger partial charge in [-0.25, -0.2) is 0 Å². The molecule has 12 heavy (non-hydrogen) atoms. The number of nitrogens with one attached hydrogen (secondary N) is 1. The van der Waals surface area contributed by atoms with Crippen LogP contribution in [0.4, 0.5) is 0 Å². The zero-order chi connectivity index (χ0) is 9.23. The van der Waals surface area contributed by atoms with E-state index in [9.17, 15) is 0 Å². The van der Waals surface area contributed by atoms with Crippen LogP contribution in [0.2, 0.25) is 0 Å². The molecule has 0 aromatic rings. The van der Waals surface area contributed by atoms with Crippen molar-refractivity contribution < 1.29 is 25.7 Å². The maximum atomic E-state index is 8.50. The Morgan fingerprint density at radius 2 is 1.75 bits per heavy atom. The molecule has 3 nitrogen and oxygen atoms in total. The van der Waals surface area contributed by atoms with Gasteiger partial charge in [0.15, 0.2) is 0 Å². The van der Waals surface area contributed by atoms with Crippen LogP contribution >= 0.6 is 0 Å². The van der Waals surface area contributed by atoms with E-state index in [4.69, 9.17) is 6.65 Å². The van der Waals surface area contributed by atoms with Gasteiger partial charge in [0.05, 0.1) is 0 Å². The number of hydrogen-bond acceptors (Lipinski definition) is 3. The Balaban J connectivity index is 0.000000354. The van der Waals surface area contributed by atoms with E-state index in [1.54, 1.807) is 0 Å². The average molecular weight is 205 g/mol. The van der Waals surface area contributed by atoms with Crippen LogP contribution in [0, 0.1) is 0 Å². The molecule has 68 valence electrons. The molecule has 1 aliphatic carbocycles. The Bertz CT molecular complexity index is 149. The van der Waals surface area contributed by atoms with Gasteiger partial charge in [-0.3, -0.25) is 0 Å². The first kappa shape index (κ1) is 11.9. The minimum atomic E-state index is -2.00.